The average Bonchev–Trinajstić information content (AvgIpc) is 2.87. The van der Waals surface area contributed by atoms with E-state index in [1.807, 2.05) is 24.3 Å². The van der Waals surface area contributed by atoms with Crippen LogP contribution in [0.1, 0.15) is 65.3 Å². The maximum absolute atomic E-state index is 13.1. The maximum atomic E-state index is 13.1. The number of unbranched alkanes of at least 4 members (excludes halogenated alkanes) is 4. The summed E-state index contributed by atoms with van der Waals surface area (Å²) in [6.07, 6.45) is 7.49. The molecule has 3 aromatic rings. The van der Waals surface area contributed by atoms with Gasteiger partial charge in [-0.1, -0.05) is 44.7 Å². The number of nitrogens with zero attached hydrogens (tertiary/aromatic N) is 1. The zero-order valence-electron chi connectivity index (χ0n) is 19.8. The zero-order chi connectivity index (χ0) is 24.9. The number of carbonyl (C=O) groups is 2. The Morgan fingerprint density at radius 1 is 0.886 bits per heavy atom. The highest BCUT2D eigenvalue weighted by Crippen LogP contribution is 2.17. The minimum Gasteiger partial charge on any atom is -0.494 e. The highest BCUT2D eigenvalue weighted by molar-refractivity contribution is 6.09. The van der Waals surface area contributed by atoms with Gasteiger partial charge in [0, 0.05) is 5.56 Å². The fourth-order valence-electron chi connectivity index (χ4n) is 3.36. The van der Waals surface area contributed by atoms with E-state index in [9.17, 15) is 14.0 Å². The summed E-state index contributed by atoms with van der Waals surface area (Å²) >= 11 is 0. The molecule has 182 valence electrons. The standard InChI is InChI=1S/C28H30FN3O3/c1-2-3-4-5-8-19-35-24-17-11-21(12-18-24)20-30-32-28(34)25-9-6-7-10-26(25)31-27(33)22-13-15-23(29)16-14-22/h6-7,9-18,20H,2-5,8,19H2,1H3,(H,31,33)(H,32,34). The Labute approximate surface area is 205 Å². The molecule has 0 saturated heterocycles. The van der Waals surface area contributed by atoms with Crippen molar-refractivity contribution in [2.75, 3.05) is 11.9 Å². The topological polar surface area (TPSA) is 79.8 Å². The minimum absolute atomic E-state index is 0.253. The second-order valence-corrected chi connectivity index (χ2v) is 8.04. The van der Waals surface area contributed by atoms with E-state index in [4.69, 9.17) is 4.74 Å². The van der Waals surface area contributed by atoms with Crippen LogP contribution in [0.15, 0.2) is 77.9 Å². The number of hydrazone groups is 1. The lowest BCUT2D eigenvalue weighted by molar-refractivity contribution is 0.0956. The number of para-hydroxylation sites is 1. The molecule has 0 unspecified atom stereocenters. The van der Waals surface area contributed by atoms with E-state index >= 15 is 0 Å². The summed E-state index contributed by atoms with van der Waals surface area (Å²) in [6, 6.07) is 19.2. The van der Waals surface area contributed by atoms with E-state index < -0.39 is 17.6 Å². The molecule has 0 aromatic heterocycles. The molecule has 0 saturated carbocycles. The van der Waals surface area contributed by atoms with Crippen molar-refractivity contribution in [1.29, 1.82) is 0 Å². The number of benzene rings is 3. The number of hydrogen-bond acceptors (Lipinski definition) is 4. The predicted molar refractivity (Wildman–Crippen MR) is 137 cm³/mol. The van der Waals surface area contributed by atoms with E-state index in [0.717, 1.165) is 17.7 Å². The highest BCUT2D eigenvalue weighted by Gasteiger charge is 2.13. The molecule has 7 heteroatoms. The molecule has 0 atom stereocenters. The van der Waals surface area contributed by atoms with E-state index in [-0.39, 0.29) is 11.1 Å². The van der Waals surface area contributed by atoms with Crippen LogP contribution in [0.5, 0.6) is 5.75 Å². The van der Waals surface area contributed by atoms with Crippen LogP contribution in [-0.4, -0.2) is 24.6 Å². The van der Waals surface area contributed by atoms with E-state index in [1.165, 1.54) is 56.2 Å². The monoisotopic (exact) mass is 475 g/mol. The molecule has 0 aliphatic carbocycles. The predicted octanol–water partition coefficient (Wildman–Crippen LogP) is 6.19. The summed E-state index contributed by atoms with van der Waals surface area (Å²) in [5.41, 5.74) is 4.14. The van der Waals surface area contributed by atoms with Crippen LogP contribution in [0.4, 0.5) is 10.1 Å². The Balaban J connectivity index is 1.51. The third-order valence-corrected chi connectivity index (χ3v) is 5.30. The summed E-state index contributed by atoms with van der Waals surface area (Å²) in [6.45, 7) is 2.90. The lowest BCUT2D eigenvalue weighted by atomic mass is 10.1. The first-order chi connectivity index (χ1) is 17.1. The minimum atomic E-state index is -0.473. The molecule has 0 bridgehead atoms. The van der Waals surface area contributed by atoms with Gasteiger partial charge in [-0.15, -0.1) is 0 Å². The number of ether oxygens (including phenoxy) is 1. The van der Waals surface area contributed by atoms with Crippen molar-refractivity contribution < 1.29 is 18.7 Å². The first kappa shape index (κ1) is 25.6. The number of hydrogen-bond donors (Lipinski definition) is 2. The molecule has 2 amide bonds. The van der Waals surface area contributed by atoms with Crippen LogP contribution in [0, 0.1) is 5.82 Å². The van der Waals surface area contributed by atoms with Gasteiger partial charge in [-0.2, -0.15) is 5.10 Å². The molecular weight excluding hydrogens is 445 g/mol. The summed E-state index contributed by atoms with van der Waals surface area (Å²) in [4.78, 5) is 25.1. The first-order valence-corrected chi connectivity index (χ1v) is 11.8. The van der Waals surface area contributed by atoms with Gasteiger partial charge in [0.25, 0.3) is 11.8 Å². The molecule has 0 radical (unpaired) electrons. The van der Waals surface area contributed by atoms with Crippen molar-refractivity contribution in [3.8, 4) is 5.75 Å². The Hall–Kier alpha value is -4.00. The molecule has 3 rings (SSSR count). The quantitative estimate of drug-likeness (QED) is 0.186. The van der Waals surface area contributed by atoms with Gasteiger partial charge in [-0.3, -0.25) is 9.59 Å². The number of carbonyl (C=O) groups excluding carboxylic acids is 2. The lowest BCUT2D eigenvalue weighted by Gasteiger charge is -2.10. The van der Waals surface area contributed by atoms with Crippen LogP contribution in [0.3, 0.4) is 0 Å². The molecule has 0 heterocycles. The molecule has 0 spiro atoms. The third kappa shape index (κ3) is 8.37. The summed E-state index contributed by atoms with van der Waals surface area (Å²) in [5.74, 6) is -0.553. The van der Waals surface area contributed by atoms with Gasteiger partial charge in [0.1, 0.15) is 11.6 Å². The van der Waals surface area contributed by atoms with Crippen molar-refractivity contribution in [3.05, 3.63) is 95.3 Å². The van der Waals surface area contributed by atoms with Gasteiger partial charge in [-0.05, 0) is 72.6 Å². The average molecular weight is 476 g/mol. The molecule has 0 aliphatic heterocycles. The molecule has 6 nitrogen and oxygen atoms in total. The van der Waals surface area contributed by atoms with Gasteiger partial charge in [0.2, 0.25) is 0 Å². The fraction of sp³-hybridized carbons (Fsp3) is 0.250. The lowest BCUT2D eigenvalue weighted by Crippen LogP contribution is -2.21. The second-order valence-electron chi connectivity index (χ2n) is 8.04. The number of amides is 2. The van der Waals surface area contributed by atoms with Crippen LogP contribution in [-0.2, 0) is 0 Å². The van der Waals surface area contributed by atoms with Crippen molar-refractivity contribution in [3.63, 3.8) is 0 Å². The molecule has 0 aliphatic rings. The van der Waals surface area contributed by atoms with Crippen LogP contribution in [0.2, 0.25) is 0 Å². The SMILES string of the molecule is CCCCCCCOc1ccc(C=NNC(=O)c2ccccc2NC(=O)c2ccc(F)cc2)cc1. The third-order valence-electron chi connectivity index (χ3n) is 5.30. The molecule has 0 fully saturated rings. The van der Waals surface area contributed by atoms with Crippen molar-refractivity contribution in [2.24, 2.45) is 5.10 Å². The fourth-order valence-corrected chi connectivity index (χ4v) is 3.36. The first-order valence-electron chi connectivity index (χ1n) is 11.8. The number of rotatable bonds is 12. The number of anilines is 1. The Morgan fingerprint density at radius 2 is 1.60 bits per heavy atom. The zero-order valence-corrected chi connectivity index (χ0v) is 19.8. The smallest absolute Gasteiger partial charge is 0.273 e. The van der Waals surface area contributed by atoms with Crippen LogP contribution < -0.4 is 15.5 Å². The molecule has 3 aromatic carbocycles. The van der Waals surface area contributed by atoms with Gasteiger partial charge in [-0.25, -0.2) is 9.82 Å². The van der Waals surface area contributed by atoms with Crippen LogP contribution in [0.25, 0.3) is 0 Å². The van der Waals surface area contributed by atoms with Gasteiger partial charge < -0.3 is 10.1 Å². The van der Waals surface area contributed by atoms with E-state index in [0.29, 0.717) is 12.3 Å². The van der Waals surface area contributed by atoms with Gasteiger partial charge >= 0.3 is 0 Å². The Bertz CT molecular complexity index is 1130. The van der Waals surface area contributed by atoms with Crippen molar-refractivity contribution >= 4 is 23.7 Å². The van der Waals surface area contributed by atoms with E-state index in [1.54, 1.807) is 24.3 Å². The largest absolute Gasteiger partial charge is 0.494 e. The maximum Gasteiger partial charge on any atom is 0.273 e. The Kier molecular flexibility index (Phi) is 9.99. The highest BCUT2D eigenvalue weighted by atomic mass is 19.1. The van der Waals surface area contributed by atoms with Crippen molar-refractivity contribution in [2.45, 2.75) is 39.0 Å². The summed E-state index contributed by atoms with van der Waals surface area (Å²) in [7, 11) is 0. The number of halogens is 1. The van der Waals surface area contributed by atoms with E-state index in [2.05, 4.69) is 22.8 Å². The summed E-state index contributed by atoms with van der Waals surface area (Å²) in [5, 5.41) is 6.70. The molecule has 2 N–H and O–H groups in total. The summed E-state index contributed by atoms with van der Waals surface area (Å²) < 4.78 is 18.9. The molecule has 35 heavy (non-hydrogen) atoms. The number of nitrogens with one attached hydrogen (secondary N) is 2. The van der Waals surface area contributed by atoms with Gasteiger partial charge in [0.05, 0.1) is 24.1 Å². The second kappa shape index (κ2) is 13.6. The van der Waals surface area contributed by atoms with Crippen LogP contribution >= 0.6 is 0 Å². The van der Waals surface area contributed by atoms with Gasteiger partial charge in [0.15, 0.2) is 0 Å². The molecular formula is C28H30FN3O3. The normalized spacial score (nSPS) is 10.8. The Morgan fingerprint density at radius 3 is 2.34 bits per heavy atom. The van der Waals surface area contributed by atoms with Crippen molar-refractivity contribution in [1.82, 2.24) is 5.43 Å².